The minimum Gasteiger partial charge on any atom is -0.480 e. The van der Waals surface area contributed by atoms with Gasteiger partial charge in [-0.05, 0) is 30.7 Å². The molecule has 0 aromatic carbocycles. The first-order valence-corrected chi connectivity index (χ1v) is 5.99. The molecule has 0 atom stereocenters. The summed E-state index contributed by atoms with van der Waals surface area (Å²) in [7, 11) is 1.60. The second-order valence-corrected chi connectivity index (χ2v) is 3.35. The van der Waals surface area contributed by atoms with Crippen LogP contribution in [0.25, 0.3) is 0 Å². The molecule has 0 spiro atoms. The lowest BCUT2D eigenvalue weighted by atomic mass is 10.3. The molecule has 0 saturated heterocycles. The number of aromatic nitrogens is 2. The lowest BCUT2D eigenvalue weighted by Crippen LogP contribution is -1.99. The zero-order chi connectivity index (χ0) is 13.4. The van der Waals surface area contributed by atoms with Gasteiger partial charge in [-0.15, -0.1) is 0 Å². The molecule has 0 aliphatic carbocycles. The highest BCUT2D eigenvalue weighted by molar-refractivity contribution is 5.63. The largest absolute Gasteiger partial charge is 0.480 e. The molecule has 0 saturated carbocycles. The van der Waals surface area contributed by atoms with E-state index in [-0.39, 0.29) is 0 Å². The molecule has 96 valence electrons. The van der Waals surface area contributed by atoms with E-state index in [9.17, 15) is 0 Å². The maximum atomic E-state index is 5.16. The summed E-state index contributed by atoms with van der Waals surface area (Å²) in [6.07, 6.45) is 3.44. The summed E-state index contributed by atoms with van der Waals surface area (Å²) in [5.74, 6) is 1.38. The van der Waals surface area contributed by atoms with Crippen molar-refractivity contribution in [1.82, 2.24) is 9.97 Å². The van der Waals surface area contributed by atoms with Gasteiger partial charge in [-0.25, -0.2) is 9.97 Å². The summed E-state index contributed by atoms with van der Waals surface area (Å²) in [6.45, 7) is 6.00. The molecule has 2 heterocycles. The summed E-state index contributed by atoms with van der Waals surface area (Å²) in [6, 6.07) is 7.66. The number of anilines is 2. The molecule has 2 rings (SSSR count). The molecule has 4 nitrogen and oxygen atoms in total. The fourth-order valence-electron chi connectivity index (χ4n) is 1.39. The van der Waals surface area contributed by atoms with Gasteiger partial charge in [0.25, 0.3) is 0 Å². The van der Waals surface area contributed by atoms with Crippen molar-refractivity contribution in [3.05, 3.63) is 42.2 Å². The monoisotopic (exact) mass is 245 g/mol. The van der Waals surface area contributed by atoms with E-state index in [0.29, 0.717) is 5.88 Å². The molecule has 0 fully saturated rings. The lowest BCUT2D eigenvalue weighted by molar-refractivity contribution is 0.400. The van der Waals surface area contributed by atoms with Crippen LogP contribution in [0.3, 0.4) is 0 Å². The third-order valence-corrected chi connectivity index (χ3v) is 2.23. The maximum Gasteiger partial charge on any atom is 0.237 e. The van der Waals surface area contributed by atoms with Gasteiger partial charge in [-0.2, -0.15) is 0 Å². The van der Waals surface area contributed by atoms with E-state index in [1.54, 1.807) is 19.5 Å². The third kappa shape index (κ3) is 3.45. The van der Waals surface area contributed by atoms with Gasteiger partial charge in [0.05, 0.1) is 7.11 Å². The Morgan fingerprint density at radius 2 is 1.72 bits per heavy atom. The van der Waals surface area contributed by atoms with E-state index in [0.717, 1.165) is 17.1 Å². The molecule has 0 unspecified atom stereocenters. The first-order valence-electron chi connectivity index (χ1n) is 5.99. The van der Waals surface area contributed by atoms with Gasteiger partial charge < -0.3 is 10.1 Å². The Morgan fingerprint density at radius 3 is 2.39 bits per heavy atom. The van der Waals surface area contributed by atoms with Crippen molar-refractivity contribution in [3.63, 3.8) is 0 Å². The van der Waals surface area contributed by atoms with Crippen LogP contribution in [0.15, 0.2) is 36.7 Å². The topological polar surface area (TPSA) is 47.0 Å². The van der Waals surface area contributed by atoms with Crippen molar-refractivity contribution in [2.45, 2.75) is 20.8 Å². The van der Waals surface area contributed by atoms with Crippen LogP contribution in [-0.2, 0) is 0 Å². The third-order valence-electron chi connectivity index (χ3n) is 2.23. The zero-order valence-corrected chi connectivity index (χ0v) is 11.3. The maximum absolute atomic E-state index is 5.16. The lowest BCUT2D eigenvalue weighted by Gasteiger charge is -2.10. The first kappa shape index (κ1) is 14.0. The van der Waals surface area contributed by atoms with Crippen LogP contribution < -0.4 is 10.1 Å². The Bertz CT molecular complexity index is 486. The smallest absolute Gasteiger partial charge is 0.237 e. The molecule has 0 amide bonds. The summed E-state index contributed by atoms with van der Waals surface area (Å²) in [5.41, 5.74) is 1.89. The molecule has 18 heavy (non-hydrogen) atoms. The van der Waals surface area contributed by atoms with E-state index in [4.69, 9.17) is 4.74 Å². The molecular formula is C14H19N3O. The van der Waals surface area contributed by atoms with Gasteiger partial charge in [-0.1, -0.05) is 19.9 Å². The Balaban J connectivity index is 0.000000771. The van der Waals surface area contributed by atoms with Crippen molar-refractivity contribution in [2.24, 2.45) is 0 Å². The Morgan fingerprint density at radius 1 is 1.06 bits per heavy atom. The van der Waals surface area contributed by atoms with Crippen molar-refractivity contribution in [2.75, 3.05) is 12.4 Å². The molecule has 4 heteroatoms. The fourth-order valence-corrected chi connectivity index (χ4v) is 1.39. The van der Waals surface area contributed by atoms with Gasteiger partial charge in [0.2, 0.25) is 5.88 Å². The molecule has 0 radical (unpaired) electrons. The number of rotatable bonds is 3. The highest BCUT2D eigenvalue weighted by Crippen LogP contribution is 2.24. The average Bonchev–Trinajstić information content (AvgIpc) is 2.44. The molecule has 2 aromatic rings. The summed E-state index contributed by atoms with van der Waals surface area (Å²) >= 11 is 0. The molecule has 0 aliphatic heterocycles. The molecular weight excluding hydrogens is 226 g/mol. The molecule has 2 aromatic heterocycles. The number of ether oxygens (including phenoxy) is 1. The minimum absolute atomic E-state index is 0.563. The van der Waals surface area contributed by atoms with Gasteiger partial charge in [0, 0.05) is 12.4 Å². The first-order chi connectivity index (χ1) is 8.81. The van der Waals surface area contributed by atoms with E-state index in [1.807, 2.05) is 45.0 Å². The Labute approximate surface area is 108 Å². The number of hydrogen-bond donors (Lipinski definition) is 1. The van der Waals surface area contributed by atoms with E-state index in [1.165, 1.54) is 0 Å². The minimum atomic E-state index is 0.563. The van der Waals surface area contributed by atoms with E-state index in [2.05, 4.69) is 15.3 Å². The van der Waals surface area contributed by atoms with Gasteiger partial charge >= 0.3 is 0 Å². The number of nitrogens with zero attached hydrogens (tertiary/aromatic N) is 2. The van der Waals surface area contributed by atoms with E-state index >= 15 is 0 Å². The van der Waals surface area contributed by atoms with Crippen molar-refractivity contribution in [1.29, 1.82) is 0 Å². The quantitative estimate of drug-likeness (QED) is 0.898. The Hall–Kier alpha value is -2.10. The van der Waals surface area contributed by atoms with Crippen molar-refractivity contribution >= 4 is 11.5 Å². The second kappa shape index (κ2) is 7.27. The van der Waals surface area contributed by atoms with Crippen molar-refractivity contribution in [3.8, 4) is 5.88 Å². The molecule has 1 N–H and O–H groups in total. The van der Waals surface area contributed by atoms with Crippen LogP contribution in [0.1, 0.15) is 19.4 Å². The zero-order valence-electron chi connectivity index (χ0n) is 11.3. The highest BCUT2D eigenvalue weighted by Gasteiger charge is 2.05. The fraction of sp³-hybridized carbons (Fsp3) is 0.286. The normalized spacial score (nSPS) is 9.11. The van der Waals surface area contributed by atoms with Gasteiger partial charge in [0.15, 0.2) is 0 Å². The van der Waals surface area contributed by atoms with Crippen LogP contribution in [0.4, 0.5) is 11.5 Å². The second-order valence-electron chi connectivity index (χ2n) is 3.35. The average molecular weight is 245 g/mol. The highest BCUT2D eigenvalue weighted by atomic mass is 16.5. The number of nitrogens with one attached hydrogen (secondary N) is 1. The molecule has 0 aliphatic rings. The number of pyridine rings is 2. The van der Waals surface area contributed by atoms with Crippen molar-refractivity contribution < 1.29 is 4.74 Å². The van der Waals surface area contributed by atoms with Gasteiger partial charge in [-0.3, -0.25) is 0 Å². The summed E-state index contributed by atoms with van der Waals surface area (Å²) < 4.78 is 5.16. The van der Waals surface area contributed by atoms with Crippen LogP contribution in [0.2, 0.25) is 0 Å². The van der Waals surface area contributed by atoms with Crippen LogP contribution in [0.5, 0.6) is 5.88 Å². The predicted molar refractivity (Wildman–Crippen MR) is 74.4 cm³/mol. The summed E-state index contributed by atoms with van der Waals surface area (Å²) in [4.78, 5) is 8.37. The van der Waals surface area contributed by atoms with Gasteiger partial charge in [0.1, 0.15) is 11.5 Å². The number of aryl methyl sites for hydroxylation is 1. The van der Waals surface area contributed by atoms with Crippen LogP contribution in [0, 0.1) is 6.92 Å². The number of hydrogen-bond acceptors (Lipinski definition) is 4. The predicted octanol–water partition coefficient (Wildman–Crippen LogP) is 3.56. The van der Waals surface area contributed by atoms with Crippen LogP contribution >= 0.6 is 0 Å². The molecule has 0 bridgehead atoms. The SMILES string of the molecule is CC.COc1ncccc1Nc1ncccc1C. The Kier molecular flexibility index (Phi) is 5.64. The summed E-state index contributed by atoms with van der Waals surface area (Å²) in [5, 5.41) is 3.19. The standard InChI is InChI=1S/C12H13N3O.C2H6/c1-9-5-3-7-13-11(9)15-10-6-4-8-14-12(10)16-2;1-2/h3-8H,1-2H3,(H,13,15);1-2H3. The van der Waals surface area contributed by atoms with E-state index < -0.39 is 0 Å². The van der Waals surface area contributed by atoms with Crippen LogP contribution in [-0.4, -0.2) is 17.1 Å². The number of methoxy groups -OCH3 is 1.